The molecule has 1 heterocycles. The summed E-state index contributed by atoms with van der Waals surface area (Å²) in [6.07, 6.45) is 1.95. The highest BCUT2D eigenvalue weighted by Crippen LogP contribution is 2.04. The van der Waals surface area contributed by atoms with Crippen LogP contribution in [0.4, 0.5) is 0 Å². The number of nitrogens with zero attached hydrogens (tertiary/aromatic N) is 1. The summed E-state index contributed by atoms with van der Waals surface area (Å²) in [5.74, 6) is 0.941. The molecule has 0 saturated carbocycles. The minimum absolute atomic E-state index is 0.0205. The van der Waals surface area contributed by atoms with Crippen molar-refractivity contribution in [1.29, 1.82) is 0 Å². The Morgan fingerprint density at radius 3 is 2.89 bits per heavy atom. The average molecular weight is 273 g/mol. The van der Waals surface area contributed by atoms with Crippen molar-refractivity contribution in [2.75, 3.05) is 44.2 Å². The van der Waals surface area contributed by atoms with Gasteiger partial charge < -0.3 is 15.5 Å². The second-order valence-electron chi connectivity index (χ2n) is 4.33. The average Bonchev–Trinajstić information content (AvgIpc) is 2.65. The third-order valence-corrected chi connectivity index (χ3v) is 3.64. The maximum absolute atomic E-state index is 11.9. The molecule has 5 nitrogen and oxygen atoms in total. The van der Waals surface area contributed by atoms with Gasteiger partial charge in [0, 0.05) is 26.2 Å². The molecule has 1 fully saturated rings. The third-order valence-electron chi connectivity index (χ3n) is 2.72. The summed E-state index contributed by atoms with van der Waals surface area (Å²) in [6.45, 7) is 6.19. The molecule has 0 bridgehead atoms. The molecule has 104 valence electrons. The lowest BCUT2D eigenvalue weighted by atomic mass is 10.4. The standard InChI is InChI=1S/C12H23N3O2S/c1-2-4-14-11(16)9-18-10-12(17)15-7-3-5-13-6-8-15/h13H,2-10H2,1H3,(H,14,16). The van der Waals surface area contributed by atoms with Crippen molar-refractivity contribution in [3.63, 3.8) is 0 Å². The Labute approximate surface area is 113 Å². The predicted molar refractivity (Wildman–Crippen MR) is 74.7 cm³/mol. The molecule has 2 N–H and O–H groups in total. The third kappa shape index (κ3) is 6.26. The largest absolute Gasteiger partial charge is 0.355 e. The van der Waals surface area contributed by atoms with Gasteiger partial charge in [0.15, 0.2) is 0 Å². The summed E-state index contributed by atoms with van der Waals surface area (Å²) in [5.41, 5.74) is 0. The Bertz CT molecular complexity index is 266. The molecule has 0 unspecified atom stereocenters. The molecule has 1 aliphatic rings. The molecule has 0 aliphatic carbocycles. The zero-order valence-electron chi connectivity index (χ0n) is 11.0. The number of rotatable bonds is 6. The molecule has 0 spiro atoms. The number of carbonyl (C=O) groups is 2. The van der Waals surface area contributed by atoms with E-state index in [-0.39, 0.29) is 11.8 Å². The van der Waals surface area contributed by atoms with E-state index in [9.17, 15) is 9.59 Å². The normalized spacial score (nSPS) is 16.2. The molecule has 18 heavy (non-hydrogen) atoms. The van der Waals surface area contributed by atoms with Gasteiger partial charge in [-0.3, -0.25) is 9.59 Å². The van der Waals surface area contributed by atoms with E-state index in [0.717, 1.165) is 39.0 Å². The molecule has 6 heteroatoms. The van der Waals surface area contributed by atoms with E-state index >= 15 is 0 Å². The van der Waals surface area contributed by atoms with Gasteiger partial charge in [0.05, 0.1) is 11.5 Å². The van der Waals surface area contributed by atoms with Crippen LogP contribution in [0.1, 0.15) is 19.8 Å². The van der Waals surface area contributed by atoms with Gasteiger partial charge in [0.1, 0.15) is 0 Å². The maximum Gasteiger partial charge on any atom is 0.232 e. The van der Waals surface area contributed by atoms with Crippen LogP contribution >= 0.6 is 11.8 Å². The Morgan fingerprint density at radius 2 is 2.11 bits per heavy atom. The maximum atomic E-state index is 11.9. The van der Waals surface area contributed by atoms with Crippen LogP contribution < -0.4 is 10.6 Å². The Kier molecular flexibility index (Phi) is 7.84. The van der Waals surface area contributed by atoms with Crippen LogP contribution in [0.3, 0.4) is 0 Å². The summed E-state index contributed by atoms with van der Waals surface area (Å²) in [7, 11) is 0. The van der Waals surface area contributed by atoms with Gasteiger partial charge in [-0.25, -0.2) is 0 Å². The van der Waals surface area contributed by atoms with Crippen molar-refractivity contribution in [3.05, 3.63) is 0 Å². The highest BCUT2D eigenvalue weighted by atomic mass is 32.2. The van der Waals surface area contributed by atoms with E-state index < -0.39 is 0 Å². The van der Waals surface area contributed by atoms with Gasteiger partial charge in [0.2, 0.25) is 11.8 Å². The second-order valence-corrected chi connectivity index (χ2v) is 5.31. The highest BCUT2D eigenvalue weighted by molar-refractivity contribution is 8.00. The minimum atomic E-state index is 0.0205. The van der Waals surface area contributed by atoms with Crippen molar-refractivity contribution in [2.45, 2.75) is 19.8 Å². The first-order valence-electron chi connectivity index (χ1n) is 6.57. The van der Waals surface area contributed by atoms with E-state index in [1.54, 1.807) is 0 Å². The van der Waals surface area contributed by atoms with Crippen LogP contribution in [0.2, 0.25) is 0 Å². The van der Waals surface area contributed by atoms with Gasteiger partial charge >= 0.3 is 0 Å². The first kappa shape index (κ1) is 15.3. The quantitative estimate of drug-likeness (QED) is 0.719. The lowest BCUT2D eigenvalue weighted by Crippen LogP contribution is -2.35. The fraction of sp³-hybridized carbons (Fsp3) is 0.833. The first-order valence-corrected chi connectivity index (χ1v) is 7.72. The molecule has 1 rings (SSSR count). The van der Waals surface area contributed by atoms with Crippen molar-refractivity contribution >= 4 is 23.6 Å². The van der Waals surface area contributed by atoms with Crippen molar-refractivity contribution in [2.24, 2.45) is 0 Å². The minimum Gasteiger partial charge on any atom is -0.355 e. The summed E-state index contributed by atoms with van der Waals surface area (Å²) in [5, 5.41) is 6.07. The zero-order valence-corrected chi connectivity index (χ0v) is 11.9. The molecular weight excluding hydrogens is 250 g/mol. The number of hydrogen-bond acceptors (Lipinski definition) is 4. The number of carbonyl (C=O) groups excluding carboxylic acids is 2. The van der Waals surface area contributed by atoms with E-state index in [4.69, 9.17) is 0 Å². The monoisotopic (exact) mass is 273 g/mol. The second kappa shape index (κ2) is 9.22. The van der Waals surface area contributed by atoms with Crippen molar-refractivity contribution in [3.8, 4) is 0 Å². The molecule has 0 atom stereocenters. The van der Waals surface area contributed by atoms with Gasteiger partial charge in [-0.2, -0.15) is 0 Å². The molecule has 0 radical (unpaired) electrons. The van der Waals surface area contributed by atoms with Crippen LogP contribution in [-0.4, -0.2) is 60.9 Å². The molecule has 0 aromatic carbocycles. The summed E-state index contributed by atoms with van der Waals surface area (Å²) in [6, 6.07) is 0. The van der Waals surface area contributed by atoms with Gasteiger partial charge in [0.25, 0.3) is 0 Å². The van der Waals surface area contributed by atoms with Crippen molar-refractivity contribution in [1.82, 2.24) is 15.5 Å². The fourth-order valence-corrected chi connectivity index (χ4v) is 2.48. The van der Waals surface area contributed by atoms with Gasteiger partial charge in [-0.15, -0.1) is 11.8 Å². The SMILES string of the molecule is CCCNC(=O)CSCC(=O)N1CCCNCC1. The van der Waals surface area contributed by atoms with Crippen molar-refractivity contribution < 1.29 is 9.59 Å². The van der Waals surface area contributed by atoms with Crippen LogP contribution in [0, 0.1) is 0 Å². The topological polar surface area (TPSA) is 61.4 Å². The van der Waals surface area contributed by atoms with E-state index in [1.165, 1.54) is 11.8 Å². The number of amides is 2. The van der Waals surface area contributed by atoms with Gasteiger partial charge in [-0.05, 0) is 19.4 Å². The molecule has 2 amide bonds. The van der Waals surface area contributed by atoms with E-state index in [0.29, 0.717) is 18.1 Å². The first-order chi connectivity index (χ1) is 8.74. The highest BCUT2D eigenvalue weighted by Gasteiger charge is 2.15. The molecule has 1 aliphatic heterocycles. The van der Waals surface area contributed by atoms with Crippen LogP contribution in [0.25, 0.3) is 0 Å². The van der Waals surface area contributed by atoms with Gasteiger partial charge in [-0.1, -0.05) is 6.92 Å². The molecule has 1 saturated heterocycles. The Balaban J connectivity index is 2.13. The zero-order chi connectivity index (χ0) is 13.2. The summed E-state index contributed by atoms with van der Waals surface area (Å²) >= 11 is 1.40. The van der Waals surface area contributed by atoms with E-state index in [2.05, 4.69) is 10.6 Å². The smallest absolute Gasteiger partial charge is 0.232 e. The predicted octanol–water partition coefficient (Wildman–Crippen LogP) is 0.0677. The Morgan fingerprint density at radius 1 is 1.28 bits per heavy atom. The fourth-order valence-electron chi connectivity index (χ4n) is 1.73. The summed E-state index contributed by atoms with van der Waals surface area (Å²) < 4.78 is 0. The van der Waals surface area contributed by atoms with E-state index in [1.807, 2.05) is 11.8 Å². The van der Waals surface area contributed by atoms with Crippen LogP contribution in [-0.2, 0) is 9.59 Å². The lowest BCUT2D eigenvalue weighted by Gasteiger charge is -2.19. The summed E-state index contributed by atoms with van der Waals surface area (Å²) in [4.78, 5) is 25.1. The molecular formula is C12H23N3O2S. The van der Waals surface area contributed by atoms with Crippen LogP contribution in [0.15, 0.2) is 0 Å². The number of thioether (sulfide) groups is 1. The van der Waals surface area contributed by atoms with Crippen LogP contribution in [0.5, 0.6) is 0 Å². The number of nitrogens with one attached hydrogen (secondary N) is 2. The lowest BCUT2D eigenvalue weighted by molar-refractivity contribution is -0.128. The molecule has 0 aromatic rings. The number of hydrogen-bond donors (Lipinski definition) is 2. The Hall–Kier alpha value is -0.750. The molecule has 0 aromatic heterocycles.